The number of carbonyl (C=O) groups excluding carboxylic acids is 1. The van der Waals surface area contributed by atoms with Crippen LogP contribution < -0.4 is 0 Å². The van der Waals surface area contributed by atoms with Crippen molar-refractivity contribution in [2.75, 3.05) is 59.5 Å². The highest BCUT2D eigenvalue weighted by atomic mass is 16.5. The smallest absolute Gasteiger partial charge is 0.309 e. The van der Waals surface area contributed by atoms with Crippen molar-refractivity contribution < 1.29 is 14.3 Å². The Hall–Kier alpha value is -1.47. The monoisotopic (exact) mass is 543 g/mol. The standard InChI is InChI=1S/C33H57N3O3/c1-5-8-11-16-30(35-20-18-29(19-21-35)33(37)39-7-3)26-32(28-14-12-10-13-15-28)36-24-22-34(23-25-36)27-31(38-4)17-9-6-2/h10,12-15,29-32H,5-9,11,16-27H2,1-4H3. The first-order valence-corrected chi connectivity index (χ1v) is 16.0. The molecule has 6 heteroatoms. The summed E-state index contributed by atoms with van der Waals surface area (Å²) < 4.78 is 11.2. The zero-order valence-corrected chi connectivity index (χ0v) is 25.5. The first-order chi connectivity index (χ1) is 19.1. The quantitative estimate of drug-likeness (QED) is 0.173. The first-order valence-electron chi connectivity index (χ1n) is 16.0. The van der Waals surface area contributed by atoms with Crippen LogP contribution in [0.2, 0.25) is 0 Å². The van der Waals surface area contributed by atoms with Crippen molar-refractivity contribution in [3.8, 4) is 0 Å². The minimum absolute atomic E-state index is 0.00474. The van der Waals surface area contributed by atoms with E-state index in [-0.39, 0.29) is 11.9 Å². The Balaban J connectivity index is 1.66. The number of nitrogens with zero attached hydrogens (tertiary/aromatic N) is 3. The number of esters is 1. The Kier molecular flexibility index (Phi) is 14.8. The van der Waals surface area contributed by atoms with Crippen LogP contribution in [0.5, 0.6) is 0 Å². The number of likely N-dealkylation sites (tertiary alicyclic amines) is 1. The largest absolute Gasteiger partial charge is 0.466 e. The molecule has 3 rings (SSSR count). The van der Waals surface area contributed by atoms with Crippen LogP contribution >= 0.6 is 0 Å². The summed E-state index contributed by atoms with van der Waals surface area (Å²) in [6.07, 6.45) is 12.1. The van der Waals surface area contributed by atoms with E-state index in [9.17, 15) is 4.79 Å². The number of benzene rings is 1. The van der Waals surface area contributed by atoms with E-state index >= 15 is 0 Å². The van der Waals surface area contributed by atoms with E-state index in [1.807, 2.05) is 14.0 Å². The van der Waals surface area contributed by atoms with Gasteiger partial charge in [-0.2, -0.15) is 0 Å². The summed E-state index contributed by atoms with van der Waals surface area (Å²) in [5, 5.41) is 0. The maximum absolute atomic E-state index is 12.4. The van der Waals surface area contributed by atoms with Gasteiger partial charge in [-0.3, -0.25) is 14.6 Å². The van der Waals surface area contributed by atoms with E-state index in [1.165, 1.54) is 44.1 Å². The highest BCUT2D eigenvalue weighted by molar-refractivity contribution is 5.72. The normalized spacial score (nSPS) is 20.5. The lowest BCUT2D eigenvalue weighted by molar-refractivity contribution is -0.149. The molecule has 2 heterocycles. The summed E-state index contributed by atoms with van der Waals surface area (Å²) in [7, 11) is 1.87. The minimum atomic E-state index is 0.00474. The third-order valence-electron chi connectivity index (χ3n) is 9.01. The molecule has 1 aromatic carbocycles. The van der Waals surface area contributed by atoms with E-state index in [4.69, 9.17) is 9.47 Å². The van der Waals surface area contributed by atoms with Crippen LogP contribution in [0, 0.1) is 5.92 Å². The van der Waals surface area contributed by atoms with Gasteiger partial charge in [0.25, 0.3) is 0 Å². The third-order valence-corrected chi connectivity index (χ3v) is 9.01. The molecule has 39 heavy (non-hydrogen) atoms. The SMILES string of the molecule is CCCCCC(CC(c1ccccc1)N1CCN(CC(CCCC)OC)CC1)N1CCC(C(=O)OCC)CC1. The van der Waals surface area contributed by atoms with Crippen molar-refractivity contribution >= 4 is 5.97 Å². The van der Waals surface area contributed by atoms with Crippen LogP contribution in [0.3, 0.4) is 0 Å². The molecule has 0 aliphatic carbocycles. The number of methoxy groups -OCH3 is 1. The second-order valence-electron chi connectivity index (χ2n) is 11.7. The number of rotatable bonds is 17. The van der Waals surface area contributed by atoms with E-state index < -0.39 is 0 Å². The molecule has 2 aliphatic heterocycles. The Bertz CT molecular complexity index is 776. The maximum Gasteiger partial charge on any atom is 0.309 e. The Morgan fingerprint density at radius 1 is 0.872 bits per heavy atom. The average molecular weight is 544 g/mol. The second kappa shape index (κ2) is 18.1. The van der Waals surface area contributed by atoms with E-state index in [2.05, 4.69) is 58.9 Å². The van der Waals surface area contributed by atoms with E-state index in [0.29, 0.717) is 24.8 Å². The summed E-state index contributed by atoms with van der Waals surface area (Å²) >= 11 is 0. The van der Waals surface area contributed by atoms with Gasteiger partial charge in [0, 0.05) is 51.9 Å². The molecule has 1 aromatic rings. The van der Waals surface area contributed by atoms with Crippen molar-refractivity contribution in [2.45, 2.75) is 103 Å². The summed E-state index contributed by atoms with van der Waals surface area (Å²) in [4.78, 5) is 20.4. The topological polar surface area (TPSA) is 45.2 Å². The molecule has 2 aliphatic rings. The number of hydrogen-bond acceptors (Lipinski definition) is 6. The highest BCUT2D eigenvalue weighted by Crippen LogP contribution is 2.32. The van der Waals surface area contributed by atoms with Crippen molar-refractivity contribution in [3.63, 3.8) is 0 Å². The van der Waals surface area contributed by atoms with Gasteiger partial charge < -0.3 is 14.4 Å². The molecule has 3 atom stereocenters. The number of carbonyl (C=O) groups is 1. The average Bonchev–Trinajstić information content (AvgIpc) is 2.98. The Morgan fingerprint density at radius 3 is 2.18 bits per heavy atom. The number of hydrogen-bond donors (Lipinski definition) is 0. The predicted molar refractivity (Wildman–Crippen MR) is 161 cm³/mol. The van der Waals surface area contributed by atoms with Crippen LogP contribution in [0.15, 0.2) is 30.3 Å². The number of piperidine rings is 1. The highest BCUT2D eigenvalue weighted by Gasteiger charge is 2.33. The van der Waals surface area contributed by atoms with Gasteiger partial charge in [0.2, 0.25) is 0 Å². The van der Waals surface area contributed by atoms with Crippen LogP contribution in [0.25, 0.3) is 0 Å². The maximum atomic E-state index is 12.4. The van der Waals surface area contributed by atoms with Crippen LogP contribution in [0.1, 0.15) is 96.6 Å². The van der Waals surface area contributed by atoms with Crippen molar-refractivity contribution in [3.05, 3.63) is 35.9 Å². The molecule has 0 radical (unpaired) electrons. The molecule has 6 nitrogen and oxygen atoms in total. The molecule has 0 saturated carbocycles. The number of ether oxygens (including phenoxy) is 2. The molecule has 2 fully saturated rings. The van der Waals surface area contributed by atoms with Gasteiger partial charge in [0.1, 0.15) is 0 Å². The fourth-order valence-electron chi connectivity index (χ4n) is 6.53. The van der Waals surface area contributed by atoms with Crippen molar-refractivity contribution in [2.24, 2.45) is 5.92 Å². The first kappa shape index (κ1) is 32.0. The Morgan fingerprint density at radius 2 is 1.56 bits per heavy atom. The van der Waals surface area contributed by atoms with Gasteiger partial charge >= 0.3 is 5.97 Å². The zero-order valence-electron chi connectivity index (χ0n) is 25.5. The predicted octanol–water partition coefficient (Wildman–Crippen LogP) is 6.16. The molecular weight excluding hydrogens is 486 g/mol. The van der Waals surface area contributed by atoms with Gasteiger partial charge in [-0.1, -0.05) is 76.3 Å². The van der Waals surface area contributed by atoms with Crippen LogP contribution in [-0.4, -0.2) is 92.3 Å². The van der Waals surface area contributed by atoms with Gasteiger partial charge in [0.05, 0.1) is 18.6 Å². The lowest BCUT2D eigenvalue weighted by Gasteiger charge is -2.44. The molecule has 0 aromatic heterocycles. The fourth-order valence-corrected chi connectivity index (χ4v) is 6.53. The van der Waals surface area contributed by atoms with Gasteiger partial charge in [0.15, 0.2) is 0 Å². The summed E-state index contributed by atoms with van der Waals surface area (Å²) in [6.45, 7) is 14.4. The lowest BCUT2D eigenvalue weighted by atomic mass is 9.90. The molecule has 2 saturated heterocycles. The molecule has 222 valence electrons. The van der Waals surface area contributed by atoms with E-state index in [1.54, 1.807) is 0 Å². The summed E-state index contributed by atoms with van der Waals surface area (Å²) in [5.74, 6) is 0.0777. The minimum Gasteiger partial charge on any atom is -0.466 e. The lowest BCUT2D eigenvalue weighted by Crippen LogP contribution is -2.51. The zero-order chi connectivity index (χ0) is 27.9. The number of piperazine rings is 1. The molecular formula is C33H57N3O3. The van der Waals surface area contributed by atoms with Crippen molar-refractivity contribution in [1.29, 1.82) is 0 Å². The Labute approximate surface area is 239 Å². The molecule has 3 unspecified atom stereocenters. The van der Waals surface area contributed by atoms with Gasteiger partial charge in [-0.25, -0.2) is 0 Å². The van der Waals surface area contributed by atoms with E-state index in [0.717, 1.165) is 71.5 Å². The second-order valence-corrected chi connectivity index (χ2v) is 11.7. The molecule has 0 spiro atoms. The van der Waals surface area contributed by atoms with Crippen molar-refractivity contribution in [1.82, 2.24) is 14.7 Å². The summed E-state index contributed by atoms with van der Waals surface area (Å²) in [6, 6.07) is 12.2. The van der Waals surface area contributed by atoms with Gasteiger partial charge in [-0.05, 0) is 57.7 Å². The number of unbranched alkanes of at least 4 members (excludes halogenated alkanes) is 3. The third kappa shape index (κ3) is 10.5. The molecule has 0 amide bonds. The van der Waals surface area contributed by atoms with Crippen LogP contribution in [0.4, 0.5) is 0 Å². The van der Waals surface area contributed by atoms with Crippen LogP contribution in [-0.2, 0) is 14.3 Å². The molecule has 0 bridgehead atoms. The fraction of sp³-hybridized carbons (Fsp3) is 0.788. The summed E-state index contributed by atoms with van der Waals surface area (Å²) in [5.41, 5.74) is 1.45. The molecule has 0 N–H and O–H groups in total. The van der Waals surface area contributed by atoms with Gasteiger partial charge in [-0.15, -0.1) is 0 Å².